The molecule has 25 heavy (non-hydrogen) atoms. The van der Waals surface area contributed by atoms with E-state index in [-0.39, 0.29) is 5.56 Å². The van der Waals surface area contributed by atoms with Crippen LogP contribution in [0.15, 0.2) is 47.3 Å². The molecule has 2 aromatic heterocycles. The summed E-state index contributed by atoms with van der Waals surface area (Å²) in [6.45, 7) is 1.99. The van der Waals surface area contributed by atoms with Gasteiger partial charge in [0.25, 0.3) is 5.56 Å². The molecular weight excluding hydrogens is 377 g/mol. The molecule has 2 aromatic carbocycles. The van der Waals surface area contributed by atoms with Gasteiger partial charge in [0.05, 0.1) is 14.6 Å². The van der Waals surface area contributed by atoms with Crippen molar-refractivity contribution in [3.63, 3.8) is 0 Å². The van der Waals surface area contributed by atoms with E-state index in [1.807, 2.05) is 37.3 Å². The number of fused-ring (bicyclic) bond motifs is 1. The Morgan fingerprint density at radius 3 is 2.64 bits per heavy atom. The van der Waals surface area contributed by atoms with Gasteiger partial charge < -0.3 is 0 Å². The number of halogens is 2. The highest BCUT2D eigenvalue weighted by molar-refractivity contribution is 7.15. The Labute approximate surface area is 157 Å². The first kappa shape index (κ1) is 16.3. The Balaban J connectivity index is 1.83. The van der Waals surface area contributed by atoms with E-state index in [1.165, 1.54) is 15.9 Å². The third kappa shape index (κ3) is 2.95. The van der Waals surface area contributed by atoms with Crippen molar-refractivity contribution in [1.82, 2.24) is 14.6 Å². The van der Waals surface area contributed by atoms with Crippen LogP contribution in [0.2, 0.25) is 10.0 Å². The number of rotatable bonds is 2. The van der Waals surface area contributed by atoms with Gasteiger partial charge in [-0.25, -0.2) is 0 Å². The maximum absolute atomic E-state index is 12.6. The van der Waals surface area contributed by atoms with Gasteiger partial charge in [0.2, 0.25) is 4.96 Å². The molecule has 124 valence electrons. The van der Waals surface area contributed by atoms with Crippen LogP contribution in [0, 0.1) is 6.92 Å². The van der Waals surface area contributed by atoms with Crippen LogP contribution in [-0.2, 0) is 0 Å². The lowest BCUT2D eigenvalue weighted by Crippen LogP contribution is -2.23. The minimum atomic E-state index is -0.196. The number of aryl methyl sites for hydroxylation is 1. The molecule has 0 bridgehead atoms. The first-order chi connectivity index (χ1) is 12.0. The van der Waals surface area contributed by atoms with Gasteiger partial charge >= 0.3 is 0 Å². The lowest BCUT2D eigenvalue weighted by molar-refractivity contribution is 0.936. The summed E-state index contributed by atoms with van der Waals surface area (Å²) in [5.74, 6) is 0.558. The molecule has 0 fully saturated rings. The predicted octanol–water partition coefficient (Wildman–Crippen LogP) is 3.98. The van der Waals surface area contributed by atoms with Gasteiger partial charge in [-0.05, 0) is 36.3 Å². The Bertz CT molecular complexity index is 1210. The molecule has 4 nitrogen and oxygen atoms in total. The van der Waals surface area contributed by atoms with Crippen LogP contribution in [-0.4, -0.2) is 14.6 Å². The summed E-state index contributed by atoms with van der Waals surface area (Å²) in [7, 11) is 0. The maximum Gasteiger partial charge on any atom is 0.291 e. The van der Waals surface area contributed by atoms with Crippen LogP contribution in [0.3, 0.4) is 0 Å². The van der Waals surface area contributed by atoms with E-state index >= 15 is 0 Å². The normalized spacial score (nSPS) is 12.2. The highest BCUT2D eigenvalue weighted by atomic mass is 35.5. The Morgan fingerprint density at radius 1 is 1.12 bits per heavy atom. The van der Waals surface area contributed by atoms with E-state index in [1.54, 1.807) is 18.2 Å². The summed E-state index contributed by atoms with van der Waals surface area (Å²) in [5.41, 5.74) is 2.59. The van der Waals surface area contributed by atoms with Crippen molar-refractivity contribution in [2.45, 2.75) is 6.92 Å². The summed E-state index contributed by atoms with van der Waals surface area (Å²) in [6, 6.07) is 13.1. The lowest BCUT2D eigenvalue weighted by atomic mass is 10.1. The minimum absolute atomic E-state index is 0.196. The lowest BCUT2D eigenvalue weighted by Gasteiger charge is -1.98. The van der Waals surface area contributed by atoms with Crippen LogP contribution in [0.4, 0.5) is 0 Å². The second-order valence-electron chi connectivity index (χ2n) is 5.53. The Morgan fingerprint density at radius 2 is 1.92 bits per heavy atom. The van der Waals surface area contributed by atoms with Gasteiger partial charge in [0.1, 0.15) is 0 Å². The van der Waals surface area contributed by atoms with Gasteiger partial charge in [0, 0.05) is 5.56 Å². The third-order valence-corrected chi connectivity index (χ3v) is 5.51. The summed E-state index contributed by atoms with van der Waals surface area (Å²) >= 11 is 13.2. The van der Waals surface area contributed by atoms with Crippen molar-refractivity contribution in [3.8, 4) is 11.4 Å². The molecule has 0 spiro atoms. The molecule has 0 radical (unpaired) electrons. The standard InChI is InChI=1S/C18H11Cl2N3OS/c1-10-4-2-3-5-12(10)16-21-18-23(22-16)17(24)15(25-18)9-11-6-7-13(19)14(20)8-11/h2-9H,1H3/b15-9-. The fourth-order valence-corrected chi connectivity index (χ4v) is 3.74. The molecule has 7 heteroatoms. The van der Waals surface area contributed by atoms with Crippen LogP contribution in [0.1, 0.15) is 11.1 Å². The Hall–Kier alpha value is -2.21. The van der Waals surface area contributed by atoms with Crippen molar-refractivity contribution in [3.05, 3.63) is 78.5 Å². The van der Waals surface area contributed by atoms with E-state index in [0.717, 1.165) is 16.7 Å². The molecule has 0 aliphatic rings. The number of thiazole rings is 1. The van der Waals surface area contributed by atoms with Crippen LogP contribution in [0.5, 0.6) is 0 Å². The molecule has 4 aromatic rings. The summed E-state index contributed by atoms with van der Waals surface area (Å²) in [5, 5.41) is 5.30. The quantitative estimate of drug-likeness (QED) is 0.522. The van der Waals surface area contributed by atoms with Crippen molar-refractivity contribution in [2.24, 2.45) is 0 Å². The van der Waals surface area contributed by atoms with Crippen LogP contribution >= 0.6 is 34.5 Å². The summed E-state index contributed by atoms with van der Waals surface area (Å²) < 4.78 is 1.89. The molecule has 0 saturated heterocycles. The van der Waals surface area contributed by atoms with Crippen molar-refractivity contribution >= 4 is 45.6 Å². The number of nitrogens with zero attached hydrogens (tertiary/aromatic N) is 3. The fourth-order valence-electron chi connectivity index (χ4n) is 2.53. The third-order valence-electron chi connectivity index (χ3n) is 3.81. The molecule has 4 rings (SSSR count). The second kappa shape index (κ2) is 6.26. The highest BCUT2D eigenvalue weighted by Gasteiger charge is 2.13. The number of hydrogen-bond acceptors (Lipinski definition) is 4. The molecule has 0 unspecified atom stereocenters. The zero-order valence-electron chi connectivity index (χ0n) is 13.0. The summed E-state index contributed by atoms with van der Waals surface area (Å²) in [6.07, 6.45) is 1.76. The van der Waals surface area contributed by atoms with Gasteiger partial charge in [-0.15, -0.1) is 5.10 Å². The molecule has 0 aliphatic heterocycles. The number of hydrogen-bond donors (Lipinski definition) is 0. The van der Waals surface area contributed by atoms with E-state index in [4.69, 9.17) is 23.2 Å². The van der Waals surface area contributed by atoms with Crippen molar-refractivity contribution in [2.75, 3.05) is 0 Å². The van der Waals surface area contributed by atoms with Gasteiger partial charge in [-0.3, -0.25) is 4.79 Å². The SMILES string of the molecule is Cc1ccccc1-c1nc2s/c(=C\c3ccc(Cl)c(Cl)c3)c(=O)n2n1. The Kier molecular flexibility index (Phi) is 4.07. The molecular formula is C18H11Cl2N3OS. The molecule has 0 N–H and O–H groups in total. The topological polar surface area (TPSA) is 47.3 Å². The summed E-state index contributed by atoms with van der Waals surface area (Å²) in [4.78, 5) is 17.7. The van der Waals surface area contributed by atoms with Crippen molar-refractivity contribution in [1.29, 1.82) is 0 Å². The number of aromatic nitrogens is 3. The first-order valence-electron chi connectivity index (χ1n) is 7.45. The monoisotopic (exact) mass is 387 g/mol. The van der Waals surface area contributed by atoms with Gasteiger partial charge in [-0.1, -0.05) is 64.9 Å². The van der Waals surface area contributed by atoms with E-state index in [0.29, 0.717) is 25.4 Å². The molecule has 0 saturated carbocycles. The van der Waals surface area contributed by atoms with Crippen LogP contribution in [0.25, 0.3) is 22.4 Å². The molecule has 2 heterocycles. The average molecular weight is 388 g/mol. The fraction of sp³-hybridized carbons (Fsp3) is 0.0556. The van der Waals surface area contributed by atoms with Gasteiger partial charge in [-0.2, -0.15) is 9.50 Å². The maximum atomic E-state index is 12.6. The van der Waals surface area contributed by atoms with E-state index in [9.17, 15) is 4.79 Å². The predicted molar refractivity (Wildman–Crippen MR) is 103 cm³/mol. The van der Waals surface area contributed by atoms with Gasteiger partial charge in [0.15, 0.2) is 5.82 Å². The smallest absolute Gasteiger partial charge is 0.266 e. The number of benzene rings is 2. The minimum Gasteiger partial charge on any atom is -0.266 e. The largest absolute Gasteiger partial charge is 0.291 e. The zero-order valence-corrected chi connectivity index (χ0v) is 15.4. The second-order valence-corrected chi connectivity index (χ2v) is 7.36. The molecule has 0 amide bonds. The van der Waals surface area contributed by atoms with Crippen LogP contribution < -0.4 is 10.1 Å². The van der Waals surface area contributed by atoms with Crippen molar-refractivity contribution < 1.29 is 0 Å². The zero-order chi connectivity index (χ0) is 17.6. The molecule has 0 atom stereocenters. The van der Waals surface area contributed by atoms with E-state index < -0.39 is 0 Å². The highest BCUT2D eigenvalue weighted by Crippen LogP contribution is 2.23. The average Bonchev–Trinajstić information content (AvgIpc) is 3.12. The first-order valence-corrected chi connectivity index (χ1v) is 9.02. The molecule has 0 aliphatic carbocycles. The van der Waals surface area contributed by atoms with E-state index in [2.05, 4.69) is 10.1 Å².